The third-order valence-corrected chi connectivity index (χ3v) is 1.65. The molecule has 1 aromatic rings. The summed E-state index contributed by atoms with van der Waals surface area (Å²) in [6.07, 6.45) is -2.42. The highest BCUT2D eigenvalue weighted by Gasteiger charge is 2.30. The van der Waals surface area contributed by atoms with Crippen LogP contribution in [0.25, 0.3) is 0 Å². The average Bonchev–Trinajstić information content (AvgIpc) is 2.05. The van der Waals surface area contributed by atoms with Crippen LogP contribution in [-0.2, 0) is 0 Å². The first kappa shape index (κ1) is 11.5. The van der Waals surface area contributed by atoms with E-state index in [1.165, 1.54) is 19.3 Å². The van der Waals surface area contributed by atoms with E-state index in [0.29, 0.717) is 0 Å². The zero-order chi connectivity index (χ0) is 11.5. The van der Waals surface area contributed by atoms with Gasteiger partial charge in [0, 0.05) is 18.4 Å². The van der Waals surface area contributed by atoms with Crippen LogP contribution < -0.4 is 11.1 Å². The molecule has 4 nitrogen and oxygen atoms in total. The van der Waals surface area contributed by atoms with Crippen LogP contribution in [0.2, 0.25) is 0 Å². The Balaban J connectivity index is 2.59. The van der Waals surface area contributed by atoms with Gasteiger partial charge in [0.25, 0.3) is 0 Å². The zero-order valence-corrected chi connectivity index (χ0v) is 8.04. The SMILES string of the molecule is CC(CC(F)(F)F)Nc1nccnc1N. The molecule has 0 saturated heterocycles. The van der Waals surface area contributed by atoms with E-state index in [1.807, 2.05) is 0 Å². The van der Waals surface area contributed by atoms with Crippen LogP contribution in [-0.4, -0.2) is 22.2 Å². The smallest absolute Gasteiger partial charge is 0.381 e. The molecule has 7 heteroatoms. The summed E-state index contributed by atoms with van der Waals surface area (Å²) in [4.78, 5) is 7.48. The number of nitrogens with one attached hydrogen (secondary N) is 1. The molecule has 0 aliphatic heterocycles. The maximum absolute atomic E-state index is 12.0. The molecule has 1 aromatic heterocycles. The standard InChI is InChI=1S/C8H11F3N4/c1-5(4-8(9,10)11)15-7-6(12)13-2-3-14-7/h2-3,5H,4H2,1H3,(H2,12,13)(H,14,15). The lowest BCUT2D eigenvalue weighted by molar-refractivity contribution is -0.136. The van der Waals surface area contributed by atoms with Crippen molar-refractivity contribution in [3.8, 4) is 0 Å². The second-order valence-corrected chi connectivity index (χ2v) is 3.15. The minimum Gasteiger partial charge on any atom is -0.381 e. The van der Waals surface area contributed by atoms with Crippen LogP contribution in [0.3, 0.4) is 0 Å². The second kappa shape index (κ2) is 4.33. The Morgan fingerprint density at radius 2 is 2.00 bits per heavy atom. The van der Waals surface area contributed by atoms with Gasteiger partial charge in [0.2, 0.25) is 0 Å². The third-order valence-electron chi connectivity index (χ3n) is 1.65. The quantitative estimate of drug-likeness (QED) is 0.815. The fourth-order valence-electron chi connectivity index (χ4n) is 1.09. The van der Waals surface area contributed by atoms with E-state index in [-0.39, 0.29) is 11.6 Å². The maximum atomic E-state index is 12.0. The van der Waals surface area contributed by atoms with E-state index in [2.05, 4.69) is 15.3 Å². The van der Waals surface area contributed by atoms with Gasteiger partial charge in [-0.2, -0.15) is 13.2 Å². The van der Waals surface area contributed by atoms with Crippen molar-refractivity contribution in [2.75, 3.05) is 11.1 Å². The molecule has 0 amide bonds. The number of hydrogen-bond acceptors (Lipinski definition) is 4. The first-order chi connectivity index (χ1) is 6.88. The van der Waals surface area contributed by atoms with Crippen molar-refractivity contribution in [3.63, 3.8) is 0 Å². The normalized spacial score (nSPS) is 13.6. The fraction of sp³-hybridized carbons (Fsp3) is 0.500. The molecular weight excluding hydrogens is 209 g/mol. The van der Waals surface area contributed by atoms with Gasteiger partial charge in [-0.25, -0.2) is 9.97 Å². The van der Waals surface area contributed by atoms with Gasteiger partial charge >= 0.3 is 6.18 Å². The average molecular weight is 220 g/mol. The largest absolute Gasteiger partial charge is 0.391 e. The van der Waals surface area contributed by atoms with Crippen molar-refractivity contribution in [2.24, 2.45) is 0 Å². The highest BCUT2D eigenvalue weighted by molar-refractivity contribution is 5.55. The monoisotopic (exact) mass is 220 g/mol. The van der Waals surface area contributed by atoms with Crippen LogP contribution in [0.1, 0.15) is 13.3 Å². The third kappa shape index (κ3) is 4.01. The molecule has 0 aliphatic rings. The molecule has 1 unspecified atom stereocenters. The van der Waals surface area contributed by atoms with Crippen molar-refractivity contribution in [1.82, 2.24) is 9.97 Å². The summed E-state index contributed by atoms with van der Waals surface area (Å²) in [6, 6.07) is -0.788. The van der Waals surface area contributed by atoms with E-state index in [1.54, 1.807) is 0 Å². The summed E-state index contributed by atoms with van der Waals surface area (Å²) in [5.74, 6) is 0.265. The molecule has 0 saturated carbocycles. The summed E-state index contributed by atoms with van der Waals surface area (Å²) >= 11 is 0. The number of rotatable bonds is 3. The van der Waals surface area contributed by atoms with Crippen molar-refractivity contribution in [1.29, 1.82) is 0 Å². The van der Waals surface area contributed by atoms with Gasteiger partial charge < -0.3 is 11.1 Å². The van der Waals surface area contributed by atoms with Crippen LogP contribution in [0.5, 0.6) is 0 Å². The van der Waals surface area contributed by atoms with Gasteiger partial charge in [0.1, 0.15) is 0 Å². The number of alkyl halides is 3. The number of nitrogens with zero attached hydrogens (tertiary/aromatic N) is 2. The van der Waals surface area contributed by atoms with Crippen molar-refractivity contribution in [3.05, 3.63) is 12.4 Å². The Hall–Kier alpha value is -1.53. The van der Waals surface area contributed by atoms with Gasteiger partial charge in [-0.3, -0.25) is 0 Å². The molecule has 3 N–H and O–H groups in total. The molecule has 0 aliphatic carbocycles. The molecule has 0 radical (unpaired) electrons. The van der Waals surface area contributed by atoms with Crippen LogP contribution in [0.4, 0.5) is 24.8 Å². The zero-order valence-electron chi connectivity index (χ0n) is 8.04. The van der Waals surface area contributed by atoms with Gasteiger partial charge in [-0.1, -0.05) is 0 Å². The summed E-state index contributed by atoms with van der Waals surface area (Å²) in [7, 11) is 0. The number of aromatic nitrogens is 2. The van der Waals surface area contributed by atoms with E-state index in [0.717, 1.165) is 0 Å². The van der Waals surface area contributed by atoms with Crippen molar-refractivity contribution < 1.29 is 13.2 Å². The summed E-state index contributed by atoms with van der Waals surface area (Å²) in [6.45, 7) is 1.40. The number of nitrogen functional groups attached to an aromatic ring is 1. The summed E-state index contributed by atoms with van der Waals surface area (Å²) in [5.41, 5.74) is 5.42. The minimum atomic E-state index is -4.20. The first-order valence-electron chi connectivity index (χ1n) is 4.28. The molecule has 1 rings (SSSR count). The lowest BCUT2D eigenvalue weighted by Gasteiger charge is -2.16. The Morgan fingerprint density at radius 3 is 2.53 bits per heavy atom. The number of halogens is 3. The highest BCUT2D eigenvalue weighted by Crippen LogP contribution is 2.23. The molecular formula is C8H11F3N4. The predicted molar refractivity (Wildman–Crippen MR) is 50.2 cm³/mol. The molecule has 1 atom stereocenters. The molecule has 0 bridgehead atoms. The van der Waals surface area contributed by atoms with Crippen LogP contribution in [0, 0.1) is 0 Å². The molecule has 0 spiro atoms. The summed E-state index contributed by atoms with van der Waals surface area (Å²) in [5, 5.41) is 2.55. The van der Waals surface area contributed by atoms with Crippen molar-refractivity contribution in [2.45, 2.75) is 25.6 Å². The lowest BCUT2D eigenvalue weighted by Crippen LogP contribution is -2.24. The Bertz CT molecular complexity index is 326. The van der Waals surface area contributed by atoms with Crippen LogP contribution in [0.15, 0.2) is 12.4 Å². The molecule has 84 valence electrons. The minimum absolute atomic E-state index is 0.0894. The van der Waals surface area contributed by atoms with Gasteiger partial charge in [-0.15, -0.1) is 0 Å². The Kier molecular flexibility index (Phi) is 3.33. The highest BCUT2D eigenvalue weighted by atomic mass is 19.4. The number of nitrogens with two attached hydrogens (primary N) is 1. The van der Waals surface area contributed by atoms with E-state index < -0.39 is 18.6 Å². The van der Waals surface area contributed by atoms with Gasteiger partial charge in [0.05, 0.1) is 6.42 Å². The number of anilines is 2. The molecule has 1 heterocycles. The van der Waals surface area contributed by atoms with E-state index in [4.69, 9.17) is 5.73 Å². The molecule has 0 fully saturated rings. The lowest BCUT2D eigenvalue weighted by atomic mass is 10.2. The van der Waals surface area contributed by atoms with Crippen molar-refractivity contribution >= 4 is 11.6 Å². The van der Waals surface area contributed by atoms with E-state index >= 15 is 0 Å². The summed E-state index contributed by atoms with van der Waals surface area (Å²) < 4.78 is 36.0. The Labute approximate surface area is 84.7 Å². The molecule has 0 aromatic carbocycles. The Morgan fingerprint density at radius 1 is 1.40 bits per heavy atom. The predicted octanol–water partition coefficient (Wildman–Crippen LogP) is 1.81. The second-order valence-electron chi connectivity index (χ2n) is 3.15. The molecule has 15 heavy (non-hydrogen) atoms. The van der Waals surface area contributed by atoms with Crippen LogP contribution >= 0.6 is 0 Å². The van der Waals surface area contributed by atoms with Gasteiger partial charge in [-0.05, 0) is 6.92 Å². The fourth-order valence-corrected chi connectivity index (χ4v) is 1.09. The maximum Gasteiger partial charge on any atom is 0.391 e. The number of hydrogen-bond donors (Lipinski definition) is 2. The van der Waals surface area contributed by atoms with E-state index in [9.17, 15) is 13.2 Å². The topological polar surface area (TPSA) is 63.8 Å². The van der Waals surface area contributed by atoms with Gasteiger partial charge in [0.15, 0.2) is 11.6 Å². The first-order valence-corrected chi connectivity index (χ1v) is 4.28.